The van der Waals surface area contributed by atoms with Crippen molar-refractivity contribution in [3.63, 3.8) is 0 Å². The average Bonchev–Trinajstić information content (AvgIpc) is 3.54. The van der Waals surface area contributed by atoms with E-state index in [1.165, 1.54) is 0 Å². The quantitative estimate of drug-likeness (QED) is 0.232. The zero-order chi connectivity index (χ0) is 24.5. The number of nitrogens with two attached hydrogens (primary N) is 2. The molecule has 6 N–H and O–H groups in total. The summed E-state index contributed by atoms with van der Waals surface area (Å²) in [6, 6.07) is 10.3. The molecule has 5 rings (SSSR count). The molecular weight excluding hydrogens is 440 g/mol. The van der Waals surface area contributed by atoms with E-state index in [1.54, 1.807) is 11.3 Å². The van der Waals surface area contributed by atoms with Gasteiger partial charge in [0.2, 0.25) is 5.91 Å². The summed E-state index contributed by atoms with van der Waals surface area (Å²) in [6.45, 7) is 2.99. The van der Waals surface area contributed by atoms with Crippen LogP contribution in [0.25, 0.3) is 22.2 Å². The molecule has 8 heteroatoms. The smallest absolute Gasteiger partial charge is 0.223 e. The Hall–Kier alpha value is -2.65. The third-order valence-electron chi connectivity index (χ3n) is 8.29. The van der Waals surface area contributed by atoms with Gasteiger partial charge in [-0.3, -0.25) is 16.5 Å². The van der Waals surface area contributed by atoms with Crippen LogP contribution in [0.15, 0.2) is 47.2 Å². The molecule has 35 heavy (non-hydrogen) atoms. The van der Waals surface area contributed by atoms with Crippen LogP contribution in [0, 0.1) is 11.8 Å². The van der Waals surface area contributed by atoms with Crippen LogP contribution >= 0.6 is 0 Å². The number of piperidine rings is 1. The minimum absolute atomic E-state index is 0.0805. The normalized spacial score (nSPS) is 24.5. The predicted octanol–water partition coefficient (Wildman–Crippen LogP) is 3.92. The molecule has 5 atom stereocenters. The molecule has 1 amide bonds. The van der Waals surface area contributed by atoms with Crippen molar-refractivity contribution < 1.29 is 9.21 Å². The van der Waals surface area contributed by atoms with Crippen LogP contribution in [0.2, 0.25) is 0 Å². The number of rotatable bonds is 7. The molecule has 1 saturated heterocycles. The molecule has 3 heterocycles. The van der Waals surface area contributed by atoms with E-state index in [9.17, 15) is 4.79 Å². The number of aromatic amines is 1. The van der Waals surface area contributed by atoms with E-state index in [0.29, 0.717) is 18.3 Å². The zero-order valence-corrected chi connectivity index (χ0v) is 20.7. The molecule has 0 radical (unpaired) electrons. The van der Waals surface area contributed by atoms with Gasteiger partial charge in [-0.1, -0.05) is 25.5 Å². The van der Waals surface area contributed by atoms with Crippen molar-refractivity contribution in [1.29, 1.82) is 0 Å². The lowest BCUT2D eigenvalue weighted by molar-refractivity contribution is -0.140. The standard InChI is InChI=1S/C27H38N6O2/c1-17(21-16-30-22-10-3-8-20(26(21)22)24-12-6-14-35-24)15-25(34)33-13-5-9-18-19(7-4-11-23(18)33)27(31-28)32(2)29/h3,6,8,10,12,14,16-19,23,27,30-31H,4-5,7,9,11,13,15,28-29H2,1-2H3. The highest BCUT2D eigenvalue weighted by molar-refractivity contribution is 5.97. The molecule has 5 unspecified atom stereocenters. The fourth-order valence-corrected chi connectivity index (χ4v) is 6.70. The summed E-state index contributed by atoms with van der Waals surface area (Å²) in [6.07, 6.45) is 9.54. The van der Waals surface area contributed by atoms with Crippen molar-refractivity contribution in [1.82, 2.24) is 20.3 Å². The van der Waals surface area contributed by atoms with Gasteiger partial charge in [0.15, 0.2) is 0 Å². The summed E-state index contributed by atoms with van der Waals surface area (Å²) in [4.78, 5) is 19.3. The van der Waals surface area contributed by atoms with Crippen LogP contribution in [-0.2, 0) is 4.79 Å². The number of hydrogen-bond acceptors (Lipinski definition) is 6. The first-order chi connectivity index (χ1) is 17.0. The summed E-state index contributed by atoms with van der Waals surface area (Å²) in [7, 11) is 1.86. The van der Waals surface area contributed by atoms with Crippen molar-refractivity contribution in [2.75, 3.05) is 13.6 Å². The number of fused-ring (bicyclic) bond motifs is 2. The fraction of sp³-hybridized carbons (Fsp3) is 0.519. The number of amides is 1. The first kappa shape index (κ1) is 24.1. The largest absolute Gasteiger partial charge is 0.464 e. The first-order valence-corrected chi connectivity index (χ1v) is 12.9. The van der Waals surface area contributed by atoms with E-state index >= 15 is 0 Å². The molecule has 0 spiro atoms. The first-order valence-electron chi connectivity index (χ1n) is 12.9. The lowest BCUT2D eigenvalue weighted by Crippen LogP contribution is -2.61. The maximum absolute atomic E-state index is 13.7. The summed E-state index contributed by atoms with van der Waals surface area (Å²) in [5, 5.41) is 2.82. The van der Waals surface area contributed by atoms with Crippen molar-refractivity contribution in [2.24, 2.45) is 23.5 Å². The summed E-state index contributed by atoms with van der Waals surface area (Å²) in [5.74, 6) is 13.9. The lowest BCUT2D eigenvalue weighted by Gasteiger charge is -2.50. The minimum Gasteiger partial charge on any atom is -0.464 e. The molecule has 1 aromatic carbocycles. The number of carbonyl (C=O) groups excluding carboxylic acids is 1. The molecule has 0 bridgehead atoms. The Morgan fingerprint density at radius 2 is 2.11 bits per heavy atom. The third kappa shape index (κ3) is 4.51. The van der Waals surface area contributed by atoms with Gasteiger partial charge in [-0.2, -0.15) is 0 Å². The van der Waals surface area contributed by atoms with E-state index in [0.717, 1.165) is 66.4 Å². The minimum atomic E-state index is -0.0805. The number of furan rings is 1. The molecule has 2 aromatic heterocycles. The molecule has 1 aliphatic heterocycles. The van der Waals surface area contributed by atoms with Crippen LogP contribution in [0.3, 0.4) is 0 Å². The highest BCUT2D eigenvalue weighted by atomic mass is 16.3. The maximum atomic E-state index is 13.7. The summed E-state index contributed by atoms with van der Waals surface area (Å²) < 4.78 is 5.71. The monoisotopic (exact) mass is 478 g/mol. The van der Waals surface area contributed by atoms with Gasteiger partial charge >= 0.3 is 0 Å². The number of nitrogens with zero attached hydrogens (tertiary/aromatic N) is 2. The van der Waals surface area contributed by atoms with Gasteiger partial charge in [0, 0.05) is 48.7 Å². The van der Waals surface area contributed by atoms with Crippen molar-refractivity contribution in [3.8, 4) is 11.3 Å². The number of benzene rings is 1. The third-order valence-corrected chi connectivity index (χ3v) is 8.29. The van der Waals surface area contributed by atoms with E-state index in [1.807, 2.05) is 25.2 Å². The number of aromatic nitrogens is 1. The molecule has 8 nitrogen and oxygen atoms in total. The van der Waals surface area contributed by atoms with Gasteiger partial charge in [0.1, 0.15) is 5.76 Å². The molecule has 1 saturated carbocycles. The van der Waals surface area contributed by atoms with Crippen LogP contribution in [-0.4, -0.2) is 46.6 Å². The molecule has 2 aliphatic rings. The van der Waals surface area contributed by atoms with Crippen molar-refractivity contribution in [2.45, 2.75) is 63.6 Å². The highest BCUT2D eigenvalue weighted by Gasteiger charge is 2.44. The van der Waals surface area contributed by atoms with Crippen molar-refractivity contribution >= 4 is 16.8 Å². The van der Waals surface area contributed by atoms with E-state index in [-0.39, 0.29) is 24.0 Å². The van der Waals surface area contributed by atoms with Gasteiger partial charge < -0.3 is 14.3 Å². The van der Waals surface area contributed by atoms with Crippen LogP contribution in [0.1, 0.15) is 56.9 Å². The number of H-pyrrole nitrogens is 1. The van der Waals surface area contributed by atoms with Gasteiger partial charge in [0.05, 0.1) is 12.4 Å². The Bertz CT molecular complexity index is 1140. The predicted molar refractivity (Wildman–Crippen MR) is 138 cm³/mol. The summed E-state index contributed by atoms with van der Waals surface area (Å²) >= 11 is 0. The van der Waals surface area contributed by atoms with E-state index in [2.05, 4.69) is 40.6 Å². The van der Waals surface area contributed by atoms with Gasteiger partial charge in [-0.25, -0.2) is 10.4 Å². The second kappa shape index (κ2) is 10.1. The maximum Gasteiger partial charge on any atom is 0.223 e. The van der Waals surface area contributed by atoms with Crippen LogP contribution < -0.4 is 17.1 Å². The Morgan fingerprint density at radius 3 is 2.86 bits per heavy atom. The summed E-state index contributed by atoms with van der Waals surface area (Å²) in [5.41, 5.74) is 6.20. The SMILES string of the molecule is CC(CC(=O)N1CCCC2C(C(NN)N(C)N)CCCC21)c1c[nH]c2cccc(-c3ccco3)c12. The van der Waals surface area contributed by atoms with Gasteiger partial charge in [-0.15, -0.1) is 0 Å². The second-order valence-electron chi connectivity index (χ2n) is 10.4. The Balaban J connectivity index is 1.36. The molecular formula is C27H38N6O2. The Morgan fingerprint density at radius 1 is 1.26 bits per heavy atom. The van der Waals surface area contributed by atoms with E-state index in [4.69, 9.17) is 16.1 Å². The van der Waals surface area contributed by atoms with Crippen molar-refractivity contribution in [3.05, 3.63) is 48.4 Å². The molecule has 3 aromatic rings. The Kier molecular flexibility index (Phi) is 6.98. The second-order valence-corrected chi connectivity index (χ2v) is 10.4. The Labute approximate surface area is 206 Å². The number of carbonyl (C=O) groups is 1. The molecule has 2 fully saturated rings. The van der Waals surface area contributed by atoms with Crippen LogP contribution in [0.5, 0.6) is 0 Å². The average molecular weight is 479 g/mol. The number of hydrogen-bond donors (Lipinski definition) is 4. The fourth-order valence-electron chi connectivity index (χ4n) is 6.70. The number of nitrogens with one attached hydrogen (secondary N) is 2. The number of hydrazine groups is 2. The van der Waals surface area contributed by atoms with Gasteiger partial charge in [0.25, 0.3) is 0 Å². The molecule has 188 valence electrons. The number of likely N-dealkylation sites (tertiary alicyclic amines) is 1. The highest BCUT2D eigenvalue weighted by Crippen LogP contribution is 2.42. The zero-order valence-electron chi connectivity index (χ0n) is 20.7. The topological polar surface area (TPSA) is 117 Å². The lowest BCUT2D eigenvalue weighted by atomic mass is 9.69. The van der Waals surface area contributed by atoms with Crippen LogP contribution in [0.4, 0.5) is 0 Å². The molecule has 1 aliphatic carbocycles. The van der Waals surface area contributed by atoms with Gasteiger partial charge in [-0.05, 0) is 67.2 Å². The van der Waals surface area contributed by atoms with E-state index < -0.39 is 0 Å².